The van der Waals surface area contributed by atoms with Gasteiger partial charge in [-0.1, -0.05) is 0 Å². The standard InChI is InChI=1S/C12H10INO4S/c1-6-9(12(16)17)3-8(18-6)4-14-11(15)7-2-10(13)19-5-7/h2-3,5H,4H2,1H3,(H,14,15)(H,16,17). The van der Waals surface area contributed by atoms with Crippen LogP contribution in [-0.4, -0.2) is 17.0 Å². The van der Waals surface area contributed by atoms with Gasteiger partial charge >= 0.3 is 5.97 Å². The summed E-state index contributed by atoms with van der Waals surface area (Å²) in [7, 11) is 0. The zero-order valence-electron chi connectivity index (χ0n) is 9.90. The van der Waals surface area contributed by atoms with Crippen molar-refractivity contribution in [3.05, 3.63) is 43.0 Å². The zero-order valence-corrected chi connectivity index (χ0v) is 12.9. The van der Waals surface area contributed by atoms with Crippen molar-refractivity contribution in [2.75, 3.05) is 0 Å². The number of carbonyl (C=O) groups excluding carboxylic acids is 1. The van der Waals surface area contributed by atoms with Gasteiger partial charge in [0, 0.05) is 5.38 Å². The predicted octanol–water partition coefficient (Wildman–Crippen LogP) is 2.88. The first-order valence-electron chi connectivity index (χ1n) is 5.32. The number of rotatable bonds is 4. The van der Waals surface area contributed by atoms with Crippen LogP contribution in [0.5, 0.6) is 0 Å². The Morgan fingerprint density at radius 3 is 2.74 bits per heavy atom. The lowest BCUT2D eigenvalue weighted by Crippen LogP contribution is -2.21. The van der Waals surface area contributed by atoms with Crippen LogP contribution in [0.1, 0.15) is 32.2 Å². The molecule has 0 unspecified atom stereocenters. The highest BCUT2D eigenvalue weighted by Crippen LogP contribution is 2.17. The van der Waals surface area contributed by atoms with Gasteiger partial charge in [-0.2, -0.15) is 0 Å². The molecule has 2 N–H and O–H groups in total. The summed E-state index contributed by atoms with van der Waals surface area (Å²) in [5.74, 6) is -0.480. The van der Waals surface area contributed by atoms with Gasteiger partial charge in [-0.25, -0.2) is 4.79 Å². The molecule has 0 aliphatic heterocycles. The number of halogens is 1. The van der Waals surface area contributed by atoms with Crippen LogP contribution in [0.3, 0.4) is 0 Å². The quantitative estimate of drug-likeness (QED) is 0.786. The smallest absolute Gasteiger partial charge is 0.339 e. The minimum Gasteiger partial charge on any atom is -0.478 e. The first-order chi connectivity index (χ1) is 8.97. The van der Waals surface area contributed by atoms with Crippen LogP contribution in [0.15, 0.2) is 21.9 Å². The molecule has 5 nitrogen and oxygen atoms in total. The number of aryl methyl sites for hydroxylation is 1. The molecule has 2 aromatic heterocycles. The monoisotopic (exact) mass is 391 g/mol. The Balaban J connectivity index is 2.01. The fourth-order valence-electron chi connectivity index (χ4n) is 1.54. The molecule has 100 valence electrons. The molecule has 2 rings (SSSR count). The number of carboxylic acid groups (broad SMARTS) is 1. The van der Waals surface area contributed by atoms with Crippen molar-refractivity contribution in [3.63, 3.8) is 0 Å². The number of nitrogens with one attached hydrogen (secondary N) is 1. The third-order valence-electron chi connectivity index (χ3n) is 2.45. The van der Waals surface area contributed by atoms with Gasteiger partial charge in [-0.05, 0) is 41.6 Å². The molecule has 0 atom stereocenters. The maximum absolute atomic E-state index is 11.8. The van der Waals surface area contributed by atoms with E-state index in [2.05, 4.69) is 27.9 Å². The molecule has 7 heteroatoms. The molecule has 0 fully saturated rings. The molecule has 0 spiro atoms. The highest BCUT2D eigenvalue weighted by atomic mass is 127. The van der Waals surface area contributed by atoms with Gasteiger partial charge in [-0.15, -0.1) is 11.3 Å². The summed E-state index contributed by atoms with van der Waals surface area (Å²) in [4.78, 5) is 22.6. The van der Waals surface area contributed by atoms with Gasteiger partial charge in [0.2, 0.25) is 0 Å². The van der Waals surface area contributed by atoms with Crippen molar-refractivity contribution in [2.45, 2.75) is 13.5 Å². The average Bonchev–Trinajstić information content (AvgIpc) is 2.92. The van der Waals surface area contributed by atoms with Crippen LogP contribution >= 0.6 is 33.9 Å². The number of hydrogen-bond donors (Lipinski definition) is 2. The lowest BCUT2D eigenvalue weighted by atomic mass is 10.2. The van der Waals surface area contributed by atoms with Gasteiger partial charge in [0.05, 0.1) is 15.0 Å². The first-order valence-corrected chi connectivity index (χ1v) is 7.28. The maximum atomic E-state index is 11.8. The van der Waals surface area contributed by atoms with Crippen molar-refractivity contribution >= 4 is 45.8 Å². The molecule has 2 aromatic rings. The highest BCUT2D eigenvalue weighted by molar-refractivity contribution is 14.1. The normalized spacial score (nSPS) is 10.4. The van der Waals surface area contributed by atoms with E-state index in [1.165, 1.54) is 17.4 Å². The number of carbonyl (C=O) groups is 2. The van der Waals surface area contributed by atoms with E-state index < -0.39 is 5.97 Å². The van der Waals surface area contributed by atoms with E-state index in [9.17, 15) is 9.59 Å². The Kier molecular flexibility index (Phi) is 4.25. The summed E-state index contributed by atoms with van der Waals surface area (Å²) in [6.45, 7) is 1.75. The van der Waals surface area contributed by atoms with E-state index in [0.29, 0.717) is 17.1 Å². The summed E-state index contributed by atoms with van der Waals surface area (Å²) in [5.41, 5.74) is 0.713. The lowest BCUT2D eigenvalue weighted by Gasteiger charge is -2.00. The lowest BCUT2D eigenvalue weighted by molar-refractivity contribution is 0.0694. The van der Waals surface area contributed by atoms with Gasteiger partial charge < -0.3 is 14.8 Å². The van der Waals surface area contributed by atoms with Crippen LogP contribution in [0.25, 0.3) is 0 Å². The zero-order chi connectivity index (χ0) is 14.0. The third-order valence-corrected chi connectivity index (χ3v) is 4.24. The number of hydrogen-bond acceptors (Lipinski definition) is 4. The molecule has 0 aliphatic carbocycles. The summed E-state index contributed by atoms with van der Waals surface area (Å²) >= 11 is 3.63. The van der Waals surface area contributed by atoms with Gasteiger partial charge in [0.1, 0.15) is 17.1 Å². The molecule has 0 aromatic carbocycles. The molecular formula is C12H10INO4S. The van der Waals surface area contributed by atoms with E-state index in [4.69, 9.17) is 9.52 Å². The molecule has 1 amide bonds. The molecule has 0 saturated carbocycles. The third kappa shape index (κ3) is 3.35. The molecule has 2 heterocycles. The number of amides is 1. The van der Waals surface area contributed by atoms with E-state index in [1.807, 2.05) is 0 Å². The second kappa shape index (κ2) is 5.74. The fourth-order valence-corrected chi connectivity index (χ4v) is 2.87. The van der Waals surface area contributed by atoms with E-state index in [-0.39, 0.29) is 18.0 Å². The van der Waals surface area contributed by atoms with Crippen molar-refractivity contribution in [2.24, 2.45) is 0 Å². The SMILES string of the molecule is Cc1oc(CNC(=O)c2csc(I)c2)cc1C(=O)O. The van der Waals surface area contributed by atoms with Crippen molar-refractivity contribution < 1.29 is 19.1 Å². The summed E-state index contributed by atoms with van der Waals surface area (Å²) < 4.78 is 6.31. The average molecular weight is 391 g/mol. The second-order valence-electron chi connectivity index (χ2n) is 3.81. The van der Waals surface area contributed by atoms with Crippen LogP contribution in [0, 0.1) is 9.81 Å². The van der Waals surface area contributed by atoms with E-state index in [0.717, 1.165) is 2.88 Å². The highest BCUT2D eigenvalue weighted by Gasteiger charge is 2.14. The predicted molar refractivity (Wildman–Crippen MR) is 78.6 cm³/mol. The number of carboxylic acids is 1. The molecular weight excluding hydrogens is 381 g/mol. The van der Waals surface area contributed by atoms with Gasteiger partial charge in [0.25, 0.3) is 5.91 Å². The molecule has 0 radical (unpaired) electrons. The minimum atomic E-state index is -1.04. The minimum absolute atomic E-state index is 0.120. The van der Waals surface area contributed by atoms with Crippen LogP contribution < -0.4 is 5.32 Å². The van der Waals surface area contributed by atoms with E-state index in [1.54, 1.807) is 18.4 Å². The number of thiophene rings is 1. The van der Waals surface area contributed by atoms with Gasteiger partial charge in [0.15, 0.2) is 0 Å². The summed E-state index contributed by atoms with van der Waals surface area (Å²) in [5, 5.41) is 13.3. The van der Waals surface area contributed by atoms with Crippen LogP contribution in [0.2, 0.25) is 0 Å². The molecule has 19 heavy (non-hydrogen) atoms. The molecule has 0 saturated heterocycles. The number of aromatic carboxylic acids is 1. The van der Waals surface area contributed by atoms with Crippen molar-refractivity contribution in [1.29, 1.82) is 0 Å². The fraction of sp³-hybridized carbons (Fsp3) is 0.167. The first kappa shape index (κ1) is 14.1. The Morgan fingerprint density at radius 2 is 2.21 bits per heavy atom. The van der Waals surface area contributed by atoms with Crippen LogP contribution in [-0.2, 0) is 6.54 Å². The summed E-state index contributed by atoms with van der Waals surface area (Å²) in [6.07, 6.45) is 0. The van der Waals surface area contributed by atoms with Crippen molar-refractivity contribution in [3.8, 4) is 0 Å². The van der Waals surface area contributed by atoms with Gasteiger partial charge in [-0.3, -0.25) is 4.79 Å². The van der Waals surface area contributed by atoms with E-state index >= 15 is 0 Å². The van der Waals surface area contributed by atoms with Crippen molar-refractivity contribution in [1.82, 2.24) is 5.32 Å². The Hall–Kier alpha value is -1.35. The van der Waals surface area contributed by atoms with Crippen LogP contribution in [0.4, 0.5) is 0 Å². The Morgan fingerprint density at radius 1 is 1.47 bits per heavy atom. The molecule has 0 bridgehead atoms. The summed E-state index contributed by atoms with van der Waals surface area (Å²) in [6, 6.07) is 3.21. The number of furan rings is 1. The largest absolute Gasteiger partial charge is 0.478 e. The second-order valence-corrected chi connectivity index (χ2v) is 6.62. The Labute approximate surface area is 126 Å². The Bertz CT molecular complexity index is 631. The topological polar surface area (TPSA) is 79.5 Å². The maximum Gasteiger partial charge on any atom is 0.339 e. The molecule has 0 aliphatic rings.